The quantitative estimate of drug-likeness (QED) is 0.682. The maximum absolute atomic E-state index is 5.28. The second kappa shape index (κ2) is 4.96. The van der Waals surface area contributed by atoms with Crippen molar-refractivity contribution in [3.63, 3.8) is 0 Å². The lowest BCUT2D eigenvalue weighted by molar-refractivity contribution is 0.122. The van der Waals surface area contributed by atoms with E-state index in [0.29, 0.717) is 0 Å². The molecule has 2 heterocycles. The summed E-state index contributed by atoms with van der Waals surface area (Å²) in [4.78, 5) is 6.63. The standard InChI is InChI=1S/C10H14N2O.CH4/c1-9-2-3-10(11-8-9)12-4-6-13-7-5-12;/h2-3,8H,4-7H2,1H3;1H4. The Bertz CT molecular complexity index is 265. The number of anilines is 1. The Hall–Kier alpha value is -1.09. The zero-order chi connectivity index (χ0) is 9.10. The summed E-state index contributed by atoms with van der Waals surface area (Å²) in [5, 5.41) is 0. The van der Waals surface area contributed by atoms with Crippen molar-refractivity contribution >= 4 is 5.82 Å². The van der Waals surface area contributed by atoms with E-state index in [9.17, 15) is 0 Å². The van der Waals surface area contributed by atoms with Crippen molar-refractivity contribution in [3.8, 4) is 0 Å². The summed E-state index contributed by atoms with van der Waals surface area (Å²) in [6.07, 6.45) is 1.91. The van der Waals surface area contributed by atoms with Crippen LogP contribution in [0.25, 0.3) is 0 Å². The highest BCUT2D eigenvalue weighted by atomic mass is 16.5. The van der Waals surface area contributed by atoms with E-state index in [4.69, 9.17) is 4.74 Å². The minimum absolute atomic E-state index is 0. The SMILES string of the molecule is C.Cc1ccc(N2CCOCC2)nc1. The monoisotopic (exact) mass is 194 g/mol. The van der Waals surface area contributed by atoms with Gasteiger partial charge >= 0.3 is 0 Å². The first-order valence-corrected chi connectivity index (χ1v) is 4.61. The third-order valence-electron chi connectivity index (χ3n) is 2.23. The summed E-state index contributed by atoms with van der Waals surface area (Å²) in [7, 11) is 0. The van der Waals surface area contributed by atoms with Crippen molar-refractivity contribution in [1.29, 1.82) is 0 Å². The van der Waals surface area contributed by atoms with Gasteiger partial charge in [0.25, 0.3) is 0 Å². The third-order valence-corrected chi connectivity index (χ3v) is 2.23. The van der Waals surface area contributed by atoms with E-state index in [-0.39, 0.29) is 7.43 Å². The van der Waals surface area contributed by atoms with Crippen molar-refractivity contribution < 1.29 is 4.74 Å². The van der Waals surface area contributed by atoms with Crippen LogP contribution in [0.3, 0.4) is 0 Å². The number of aryl methyl sites for hydroxylation is 1. The van der Waals surface area contributed by atoms with Gasteiger partial charge in [0, 0.05) is 19.3 Å². The normalized spacial score (nSPS) is 16.2. The van der Waals surface area contributed by atoms with Gasteiger partial charge in [0.15, 0.2) is 0 Å². The molecule has 78 valence electrons. The molecule has 1 fully saturated rings. The van der Waals surface area contributed by atoms with Crippen LogP contribution in [0.5, 0.6) is 0 Å². The molecule has 0 aliphatic carbocycles. The summed E-state index contributed by atoms with van der Waals surface area (Å²) < 4.78 is 5.28. The molecule has 0 unspecified atom stereocenters. The van der Waals surface area contributed by atoms with Gasteiger partial charge in [-0.3, -0.25) is 0 Å². The predicted octanol–water partition coefficient (Wildman–Crippen LogP) is 1.86. The fourth-order valence-corrected chi connectivity index (χ4v) is 1.44. The zero-order valence-electron chi connectivity index (χ0n) is 7.86. The summed E-state index contributed by atoms with van der Waals surface area (Å²) >= 11 is 0. The molecule has 1 aromatic rings. The van der Waals surface area contributed by atoms with Gasteiger partial charge < -0.3 is 9.64 Å². The lowest BCUT2D eigenvalue weighted by Gasteiger charge is -2.27. The van der Waals surface area contributed by atoms with Crippen molar-refractivity contribution in [2.24, 2.45) is 0 Å². The van der Waals surface area contributed by atoms with E-state index < -0.39 is 0 Å². The van der Waals surface area contributed by atoms with Gasteiger partial charge in [0.2, 0.25) is 0 Å². The van der Waals surface area contributed by atoms with Crippen LogP contribution in [0.2, 0.25) is 0 Å². The molecule has 0 atom stereocenters. The molecule has 0 saturated carbocycles. The number of ether oxygens (including phenoxy) is 1. The van der Waals surface area contributed by atoms with Crippen LogP contribution in [-0.2, 0) is 4.74 Å². The lowest BCUT2D eigenvalue weighted by atomic mass is 10.3. The van der Waals surface area contributed by atoms with E-state index in [0.717, 1.165) is 32.1 Å². The molecule has 3 heteroatoms. The van der Waals surface area contributed by atoms with E-state index in [2.05, 4.69) is 28.9 Å². The summed E-state index contributed by atoms with van der Waals surface area (Å²) in [6, 6.07) is 4.17. The molecule has 3 nitrogen and oxygen atoms in total. The van der Waals surface area contributed by atoms with E-state index in [1.54, 1.807) is 0 Å². The van der Waals surface area contributed by atoms with Crippen LogP contribution >= 0.6 is 0 Å². The lowest BCUT2D eigenvalue weighted by Crippen LogP contribution is -2.36. The molecular weight excluding hydrogens is 176 g/mol. The summed E-state index contributed by atoms with van der Waals surface area (Å²) in [6.45, 7) is 5.59. The van der Waals surface area contributed by atoms with Crippen molar-refractivity contribution in [2.45, 2.75) is 14.4 Å². The van der Waals surface area contributed by atoms with Gasteiger partial charge in [-0.05, 0) is 18.6 Å². The molecule has 0 aromatic carbocycles. The van der Waals surface area contributed by atoms with Crippen LogP contribution in [-0.4, -0.2) is 31.3 Å². The highest BCUT2D eigenvalue weighted by Crippen LogP contribution is 2.12. The number of hydrogen-bond acceptors (Lipinski definition) is 3. The van der Waals surface area contributed by atoms with Crippen LogP contribution in [0, 0.1) is 6.92 Å². The molecule has 0 spiro atoms. The number of morpholine rings is 1. The van der Waals surface area contributed by atoms with Crippen molar-refractivity contribution in [2.75, 3.05) is 31.2 Å². The van der Waals surface area contributed by atoms with Crippen LogP contribution in [0.4, 0.5) is 5.82 Å². The van der Waals surface area contributed by atoms with Crippen LogP contribution in [0.15, 0.2) is 18.3 Å². The molecule has 1 aliphatic rings. The molecular formula is C11H18N2O. The number of rotatable bonds is 1. The van der Waals surface area contributed by atoms with Crippen LogP contribution in [0.1, 0.15) is 13.0 Å². The molecule has 0 radical (unpaired) electrons. The number of aromatic nitrogens is 1. The summed E-state index contributed by atoms with van der Waals surface area (Å²) in [5.41, 5.74) is 1.21. The second-order valence-electron chi connectivity index (χ2n) is 3.29. The van der Waals surface area contributed by atoms with E-state index in [1.807, 2.05) is 6.20 Å². The van der Waals surface area contributed by atoms with Crippen LogP contribution < -0.4 is 4.90 Å². The van der Waals surface area contributed by atoms with Gasteiger partial charge in [-0.2, -0.15) is 0 Å². The maximum Gasteiger partial charge on any atom is 0.128 e. The minimum Gasteiger partial charge on any atom is -0.378 e. The second-order valence-corrected chi connectivity index (χ2v) is 3.29. The number of pyridine rings is 1. The largest absolute Gasteiger partial charge is 0.378 e. The third kappa shape index (κ3) is 2.45. The first kappa shape index (κ1) is 11.0. The van der Waals surface area contributed by atoms with Gasteiger partial charge in [0.05, 0.1) is 13.2 Å². The Labute approximate surface area is 85.7 Å². The maximum atomic E-state index is 5.28. The average Bonchev–Trinajstić information content (AvgIpc) is 2.20. The molecule has 0 N–H and O–H groups in total. The van der Waals surface area contributed by atoms with Crippen molar-refractivity contribution in [3.05, 3.63) is 23.9 Å². The number of hydrogen-bond donors (Lipinski definition) is 0. The fourth-order valence-electron chi connectivity index (χ4n) is 1.44. The van der Waals surface area contributed by atoms with E-state index in [1.165, 1.54) is 5.56 Å². The number of nitrogens with zero attached hydrogens (tertiary/aromatic N) is 2. The van der Waals surface area contributed by atoms with Gasteiger partial charge in [-0.25, -0.2) is 4.98 Å². The molecule has 2 rings (SSSR count). The average molecular weight is 194 g/mol. The highest BCUT2D eigenvalue weighted by Gasteiger charge is 2.11. The van der Waals surface area contributed by atoms with E-state index >= 15 is 0 Å². The predicted molar refractivity (Wildman–Crippen MR) is 58.7 cm³/mol. The molecule has 1 aliphatic heterocycles. The zero-order valence-corrected chi connectivity index (χ0v) is 7.86. The molecule has 1 aromatic heterocycles. The van der Waals surface area contributed by atoms with Gasteiger partial charge in [-0.15, -0.1) is 0 Å². The topological polar surface area (TPSA) is 25.4 Å². The van der Waals surface area contributed by atoms with Gasteiger partial charge in [0.1, 0.15) is 5.82 Å². The minimum atomic E-state index is 0. The molecule has 0 amide bonds. The molecule has 1 saturated heterocycles. The Kier molecular flexibility index (Phi) is 3.89. The Morgan fingerprint density at radius 2 is 2.00 bits per heavy atom. The van der Waals surface area contributed by atoms with Gasteiger partial charge in [-0.1, -0.05) is 13.5 Å². The Morgan fingerprint density at radius 3 is 2.57 bits per heavy atom. The smallest absolute Gasteiger partial charge is 0.128 e. The first-order valence-electron chi connectivity index (χ1n) is 4.61. The fraction of sp³-hybridized carbons (Fsp3) is 0.545. The highest BCUT2D eigenvalue weighted by molar-refractivity contribution is 5.39. The molecule has 0 bridgehead atoms. The molecule has 14 heavy (non-hydrogen) atoms. The Morgan fingerprint density at radius 1 is 1.29 bits per heavy atom. The first-order chi connectivity index (χ1) is 6.36. The Balaban J connectivity index is 0.000000980. The summed E-state index contributed by atoms with van der Waals surface area (Å²) in [5.74, 6) is 1.06. The van der Waals surface area contributed by atoms with Crippen molar-refractivity contribution in [1.82, 2.24) is 4.98 Å².